The summed E-state index contributed by atoms with van der Waals surface area (Å²) < 4.78 is 0. The molecule has 3 aliphatic rings. The van der Waals surface area contributed by atoms with E-state index in [1.54, 1.807) is 24.3 Å². The van der Waals surface area contributed by atoms with Crippen molar-refractivity contribution in [3.05, 3.63) is 75.3 Å². The van der Waals surface area contributed by atoms with Gasteiger partial charge in [-0.25, -0.2) is 5.01 Å². The van der Waals surface area contributed by atoms with Crippen LogP contribution in [0.4, 0.5) is 5.69 Å². The third-order valence-electron chi connectivity index (χ3n) is 7.79. The molecule has 7 atom stereocenters. The zero-order valence-corrected chi connectivity index (χ0v) is 23.1. The summed E-state index contributed by atoms with van der Waals surface area (Å²) >= 11 is 7.31. The highest BCUT2D eigenvalue weighted by atomic mass is 79.9. The standard InChI is InChI=1S/C26H23Br2N3O6/c1-12-3-5-14(6-4-12)23(32)13(2)29(24(33)15-7-9-16(10-8-15)31(36)37)30-25(34)19-17-11-18(20(19)26(30)35)22(28)21(17)27/h3-10,13,17-22H,11H2,1-2H3/t13-,17+,18+,19-,20+,21-,22+/m0/s1. The van der Waals surface area contributed by atoms with Crippen LogP contribution >= 0.6 is 31.9 Å². The molecule has 3 amide bonds. The third-order valence-corrected chi connectivity index (χ3v) is 11.0. The number of carbonyl (C=O) groups is 4. The fraction of sp³-hybridized carbons (Fsp3) is 0.385. The van der Waals surface area contributed by atoms with Crippen LogP contribution in [0.25, 0.3) is 0 Å². The maximum absolute atomic E-state index is 13.8. The number of alkyl halides is 2. The van der Waals surface area contributed by atoms with Gasteiger partial charge in [-0.15, -0.1) is 0 Å². The number of rotatable bonds is 6. The van der Waals surface area contributed by atoms with Gasteiger partial charge in [0.2, 0.25) is 0 Å². The number of amides is 3. The SMILES string of the molecule is Cc1ccc(C(=O)[C@H](C)N(C(=O)c2ccc([N+](=O)[O-])cc2)N2C(=O)[C@@H]3[C@H]4C[C@@H]([C@H](Br)[C@@H]4Br)[C@@H]3C2=O)cc1. The maximum Gasteiger partial charge on any atom is 0.273 e. The highest BCUT2D eigenvalue weighted by Crippen LogP contribution is 2.60. The second kappa shape index (κ2) is 9.43. The first-order chi connectivity index (χ1) is 17.5. The van der Waals surface area contributed by atoms with Crippen molar-refractivity contribution < 1.29 is 24.1 Å². The van der Waals surface area contributed by atoms with Crippen LogP contribution in [0.1, 0.15) is 39.6 Å². The Morgan fingerprint density at radius 1 is 0.946 bits per heavy atom. The maximum atomic E-state index is 13.8. The minimum atomic E-state index is -1.19. The average molecular weight is 633 g/mol. The van der Waals surface area contributed by atoms with Crippen LogP contribution in [0, 0.1) is 40.7 Å². The first-order valence-corrected chi connectivity index (χ1v) is 13.7. The number of halogens is 2. The molecule has 2 bridgehead atoms. The molecule has 37 heavy (non-hydrogen) atoms. The normalized spacial score (nSPS) is 28.8. The molecular weight excluding hydrogens is 610 g/mol. The summed E-state index contributed by atoms with van der Waals surface area (Å²) in [4.78, 5) is 65.3. The molecule has 2 aromatic rings. The molecule has 1 heterocycles. The monoisotopic (exact) mass is 631 g/mol. The molecule has 2 saturated carbocycles. The van der Waals surface area contributed by atoms with Crippen molar-refractivity contribution in [2.24, 2.45) is 23.7 Å². The van der Waals surface area contributed by atoms with Crippen molar-refractivity contribution in [2.75, 3.05) is 0 Å². The molecule has 11 heteroatoms. The van der Waals surface area contributed by atoms with Gasteiger partial charge in [-0.3, -0.25) is 29.3 Å². The lowest BCUT2D eigenvalue weighted by Gasteiger charge is -2.35. The summed E-state index contributed by atoms with van der Waals surface area (Å²) in [5.41, 5.74) is 1.09. The van der Waals surface area contributed by atoms with E-state index in [1.165, 1.54) is 31.2 Å². The molecule has 2 aromatic carbocycles. The zero-order valence-electron chi connectivity index (χ0n) is 19.9. The molecule has 0 N–H and O–H groups in total. The van der Waals surface area contributed by atoms with Crippen molar-refractivity contribution in [3.8, 4) is 0 Å². The van der Waals surface area contributed by atoms with Gasteiger partial charge in [0, 0.05) is 32.9 Å². The lowest BCUT2D eigenvalue weighted by Crippen LogP contribution is -2.56. The van der Waals surface area contributed by atoms with Gasteiger partial charge in [-0.2, -0.15) is 5.01 Å². The van der Waals surface area contributed by atoms with E-state index < -0.39 is 46.3 Å². The van der Waals surface area contributed by atoms with Crippen LogP contribution in [0.5, 0.6) is 0 Å². The highest BCUT2D eigenvalue weighted by molar-refractivity contribution is 9.12. The molecule has 3 fully saturated rings. The summed E-state index contributed by atoms with van der Waals surface area (Å²) in [6, 6.07) is 10.5. The molecule has 1 aliphatic heterocycles. The third kappa shape index (κ3) is 4.03. The van der Waals surface area contributed by atoms with Crippen LogP contribution < -0.4 is 0 Å². The molecule has 1 saturated heterocycles. The number of imide groups is 1. The van der Waals surface area contributed by atoms with Crippen LogP contribution in [0.15, 0.2) is 48.5 Å². The molecule has 0 aromatic heterocycles. The van der Waals surface area contributed by atoms with E-state index in [4.69, 9.17) is 0 Å². The van der Waals surface area contributed by atoms with E-state index in [9.17, 15) is 29.3 Å². The number of hydrazine groups is 1. The van der Waals surface area contributed by atoms with Crippen LogP contribution in [0.2, 0.25) is 0 Å². The first-order valence-electron chi connectivity index (χ1n) is 11.9. The van der Waals surface area contributed by atoms with Gasteiger partial charge in [-0.1, -0.05) is 61.7 Å². The van der Waals surface area contributed by atoms with Gasteiger partial charge < -0.3 is 0 Å². The number of benzene rings is 2. The van der Waals surface area contributed by atoms with Crippen LogP contribution in [-0.2, 0) is 9.59 Å². The van der Waals surface area contributed by atoms with Gasteiger partial charge in [0.15, 0.2) is 5.78 Å². The predicted molar refractivity (Wildman–Crippen MR) is 140 cm³/mol. The molecule has 0 spiro atoms. The fourth-order valence-corrected chi connectivity index (χ4v) is 7.79. The Morgan fingerprint density at radius 3 is 1.92 bits per heavy atom. The van der Waals surface area contributed by atoms with E-state index >= 15 is 0 Å². The van der Waals surface area contributed by atoms with Gasteiger partial charge in [-0.05, 0) is 44.2 Å². The second-order valence-electron chi connectivity index (χ2n) is 9.85. The van der Waals surface area contributed by atoms with Crippen LogP contribution in [0.3, 0.4) is 0 Å². The Balaban J connectivity index is 1.54. The van der Waals surface area contributed by atoms with E-state index in [-0.39, 0.29) is 32.7 Å². The smallest absolute Gasteiger partial charge is 0.273 e. The number of fused-ring (bicyclic) bond motifs is 5. The minimum absolute atomic E-state index is 0.0147. The number of ketones is 1. The van der Waals surface area contributed by atoms with Gasteiger partial charge in [0.25, 0.3) is 23.4 Å². The van der Waals surface area contributed by atoms with E-state index in [2.05, 4.69) is 31.9 Å². The highest BCUT2D eigenvalue weighted by Gasteiger charge is 2.68. The summed E-state index contributed by atoms with van der Waals surface area (Å²) in [5.74, 6) is -3.49. The van der Waals surface area contributed by atoms with Gasteiger partial charge in [0.1, 0.15) is 6.04 Å². The molecule has 2 aliphatic carbocycles. The number of aryl methyl sites for hydroxylation is 1. The van der Waals surface area contributed by atoms with Crippen molar-refractivity contribution in [1.29, 1.82) is 0 Å². The average Bonchev–Trinajstić information content (AvgIpc) is 3.50. The summed E-state index contributed by atoms with van der Waals surface area (Å²) in [6.07, 6.45) is 0.723. The Kier molecular flexibility index (Phi) is 6.56. The molecule has 0 unspecified atom stereocenters. The Labute approximate surface area is 229 Å². The zero-order chi connectivity index (χ0) is 26.8. The van der Waals surface area contributed by atoms with Crippen molar-refractivity contribution >= 4 is 61.1 Å². The largest absolute Gasteiger partial charge is 0.292 e. The summed E-state index contributed by atoms with van der Waals surface area (Å²) in [6.45, 7) is 3.36. The molecule has 9 nitrogen and oxygen atoms in total. The van der Waals surface area contributed by atoms with Gasteiger partial charge >= 0.3 is 0 Å². The van der Waals surface area contributed by atoms with Crippen LogP contribution in [-0.4, -0.2) is 54.1 Å². The summed E-state index contributed by atoms with van der Waals surface area (Å²) in [7, 11) is 0. The molecular formula is C26H23Br2N3O6. The van der Waals surface area contributed by atoms with Crippen molar-refractivity contribution in [1.82, 2.24) is 10.0 Å². The fourth-order valence-electron chi connectivity index (χ4n) is 5.91. The molecule has 0 radical (unpaired) electrons. The number of nitro groups is 1. The first kappa shape index (κ1) is 25.7. The molecule has 5 rings (SSSR count). The number of hydrogen-bond acceptors (Lipinski definition) is 6. The number of nitrogens with zero attached hydrogens (tertiary/aromatic N) is 3. The van der Waals surface area contributed by atoms with Crippen molar-refractivity contribution in [2.45, 2.75) is 36.0 Å². The number of nitro benzene ring substituents is 1. The topological polar surface area (TPSA) is 118 Å². The lowest BCUT2D eigenvalue weighted by atomic mass is 9.81. The van der Waals surface area contributed by atoms with Crippen molar-refractivity contribution in [3.63, 3.8) is 0 Å². The number of Topliss-reactive ketones (excluding diaryl/α,β-unsaturated/α-hetero) is 1. The Bertz CT molecular complexity index is 1280. The number of carbonyl (C=O) groups excluding carboxylic acids is 4. The lowest BCUT2D eigenvalue weighted by molar-refractivity contribution is -0.384. The van der Waals surface area contributed by atoms with E-state index in [1.807, 2.05) is 6.92 Å². The van der Waals surface area contributed by atoms with E-state index in [0.29, 0.717) is 5.56 Å². The Hall–Kier alpha value is -2.92. The quantitative estimate of drug-likeness (QED) is 0.154. The summed E-state index contributed by atoms with van der Waals surface area (Å²) in [5, 5.41) is 12.9. The Morgan fingerprint density at radius 2 is 1.43 bits per heavy atom. The van der Waals surface area contributed by atoms with Gasteiger partial charge in [0.05, 0.1) is 16.8 Å². The number of non-ortho nitro benzene ring substituents is 1. The predicted octanol–water partition coefficient (Wildman–Crippen LogP) is 4.31. The van der Waals surface area contributed by atoms with E-state index in [0.717, 1.165) is 22.0 Å². The minimum Gasteiger partial charge on any atom is -0.292 e. The number of hydrogen-bond donors (Lipinski definition) is 0. The molecule has 192 valence electrons. The second-order valence-corrected chi connectivity index (χ2v) is 12.0.